The van der Waals surface area contributed by atoms with Crippen molar-refractivity contribution in [3.63, 3.8) is 0 Å². The van der Waals surface area contributed by atoms with Gasteiger partial charge in [0, 0.05) is 23.0 Å². The number of halogens is 2. The van der Waals surface area contributed by atoms with E-state index in [1.54, 1.807) is 11.8 Å². The first-order chi connectivity index (χ1) is 14.4. The fourth-order valence-corrected chi connectivity index (χ4v) is 4.66. The van der Waals surface area contributed by atoms with E-state index in [1.807, 2.05) is 24.3 Å². The molecule has 0 unspecified atom stereocenters. The number of amides is 2. The maximum Gasteiger partial charge on any atom is 0.275 e. The Labute approximate surface area is 176 Å². The molecule has 8 heteroatoms. The van der Waals surface area contributed by atoms with E-state index in [1.165, 1.54) is 24.4 Å². The molecule has 3 heterocycles. The van der Waals surface area contributed by atoms with Crippen molar-refractivity contribution in [3.05, 3.63) is 70.1 Å². The number of carbonyl (C=O) groups excluding carboxylic acids is 2. The van der Waals surface area contributed by atoms with E-state index in [0.29, 0.717) is 18.7 Å². The zero-order valence-corrected chi connectivity index (χ0v) is 16.9. The highest BCUT2D eigenvalue weighted by Gasteiger charge is 2.54. The number of H-pyrrole nitrogens is 1. The summed E-state index contributed by atoms with van der Waals surface area (Å²) in [5.41, 5.74) is 1.52. The molecule has 1 atom stereocenters. The summed E-state index contributed by atoms with van der Waals surface area (Å²) in [5.74, 6) is -1.11. The van der Waals surface area contributed by atoms with Crippen LogP contribution in [0.3, 0.4) is 0 Å². The minimum atomic E-state index is -1.21. The minimum Gasteiger partial charge on any atom is -0.356 e. The van der Waals surface area contributed by atoms with Gasteiger partial charge in [0.25, 0.3) is 5.91 Å². The van der Waals surface area contributed by atoms with Gasteiger partial charge in [0.05, 0.1) is 16.9 Å². The predicted octanol–water partition coefficient (Wildman–Crippen LogP) is 3.44. The van der Waals surface area contributed by atoms with Gasteiger partial charge in [-0.2, -0.15) is 5.10 Å². The second-order valence-corrected chi connectivity index (χ2v) is 8.04. The average molecular weight is 425 g/mol. The molecule has 2 amide bonds. The van der Waals surface area contributed by atoms with E-state index >= 15 is 0 Å². The molecule has 0 saturated carbocycles. The number of para-hydroxylation sites is 1. The molecule has 3 aromatic rings. The largest absolute Gasteiger partial charge is 0.356 e. The summed E-state index contributed by atoms with van der Waals surface area (Å²) in [4.78, 5) is 31.4. The third kappa shape index (κ3) is 2.58. The normalized spacial score (nSPS) is 21.4. The Balaban J connectivity index is 1.58. The fraction of sp³-hybridized carbons (Fsp3) is 0.227. The van der Waals surface area contributed by atoms with Gasteiger partial charge in [-0.05, 0) is 37.1 Å². The highest BCUT2D eigenvalue weighted by Crippen LogP contribution is 2.41. The summed E-state index contributed by atoms with van der Waals surface area (Å²) in [6.45, 7) is 1.98. The summed E-state index contributed by atoms with van der Waals surface area (Å²) < 4.78 is 14.1. The first-order valence-corrected chi connectivity index (χ1v) is 9.99. The van der Waals surface area contributed by atoms with Crippen LogP contribution < -0.4 is 0 Å². The van der Waals surface area contributed by atoms with Crippen LogP contribution in [-0.4, -0.2) is 46.0 Å². The number of benzene rings is 2. The third-order valence-corrected chi connectivity index (χ3v) is 6.32. The van der Waals surface area contributed by atoms with E-state index in [0.717, 1.165) is 21.5 Å². The topological polar surface area (TPSA) is 68.8 Å². The molecule has 0 aliphatic carbocycles. The zero-order valence-electron chi connectivity index (χ0n) is 16.2. The Morgan fingerprint density at radius 3 is 2.80 bits per heavy atom. The molecule has 2 aliphatic rings. The second-order valence-electron chi connectivity index (χ2n) is 7.63. The Morgan fingerprint density at radius 1 is 1.20 bits per heavy atom. The molecule has 5 rings (SSSR count). The van der Waals surface area contributed by atoms with Crippen LogP contribution in [0.4, 0.5) is 4.39 Å². The molecule has 1 fully saturated rings. The van der Waals surface area contributed by atoms with Gasteiger partial charge in [0.15, 0.2) is 5.54 Å². The fourth-order valence-electron chi connectivity index (χ4n) is 4.45. The molecule has 152 valence electrons. The number of hydrogen-bond acceptors (Lipinski definition) is 3. The molecule has 1 N–H and O–H groups in total. The molecule has 30 heavy (non-hydrogen) atoms. The number of hydrogen-bond donors (Lipinski definition) is 1. The Hall–Kier alpha value is -3.19. The molecule has 0 spiro atoms. The van der Waals surface area contributed by atoms with Crippen LogP contribution in [0.1, 0.15) is 23.7 Å². The number of aromatic nitrogens is 1. The van der Waals surface area contributed by atoms with E-state index in [-0.39, 0.29) is 28.9 Å². The van der Waals surface area contributed by atoms with Gasteiger partial charge >= 0.3 is 0 Å². The van der Waals surface area contributed by atoms with Gasteiger partial charge in [-0.15, -0.1) is 0 Å². The van der Waals surface area contributed by atoms with Gasteiger partial charge in [0.2, 0.25) is 5.91 Å². The molecule has 6 nitrogen and oxygen atoms in total. The lowest BCUT2D eigenvalue weighted by atomic mass is 9.83. The number of rotatable bonds is 2. The van der Waals surface area contributed by atoms with Crippen LogP contribution in [0, 0.1) is 5.82 Å². The van der Waals surface area contributed by atoms with Crippen molar-refractivity contribution in [2.45, 2.75) is 18.9 Å². The molecule has 2 aromatic carbocycles. The summed E-state index contributed by atoms with van der Waals surface area (Å²) in [6, 6.07) is 12.1. The molecular weight excluding hydrogens is 407 g/mol. The van der Waals surface area contributed by atoms with Gasteiger partial charge < -0.3 is 9.88 Å². The number of fused-ring (bicyclic) bond motifs is 5. The van der Waals surface area contributed by atoms with Gasteiger partial charge in [-0.3, -0.25) is 9.59 Å². The summed E-state index contributed by atoms with van der Waals surface area (Å²) >= 11 is 6.05. The Bertz CT molecular complexity index is 1220. The lowest BCUT2D eigenvalue weighted by Gasteiger charge is -2.48. The van der Waals surface area contributed by atoms with E-state index in [9.17, 15) is 14.0 Å². The van der Waals surface area contributed by atoms with Crippen LogP contribution in [-0.2, 0) is 21.5 Å². The maximum atomic E-state index is 14.1. The monoisotopic (exact) mass is 424 g/mol. The first kappa shape index (κ1) is 18.8. The number of piperazine rings is 1. The summed E-state index contributed by atoms with van der Waals surface area (Å²) in [7, 11) is 0. The van der Waals surface area contributed by atoms with Crippen molar-refractivity contribution in [2.75, 3.05) is 13.1 Å². The standard InChI is InChI=1S/C22H18ClFN4O2/c1-22-20-14(13-5-2-3-8-18(13)26-20)9-10-27(22)19(29)12-28(21(22)30)25-11-15-16(23)6-4-7-17(15)24/h2-8,11,26H,9-10,12H2,1H3/b25-11+/t22-/m1/s1. The predicted molar refractivity (Wildman–Crippen MR) is 112 cm³/mol. The van der Waals surface area contributed by atoms with Crippen molar-refractivity contribution < 1.29 is 14.0 Å². The van der Waals surface area contributed by atoms with Crippen molar-refractivity contribution in [1.82, 2.24) is 14.9 Å². The lowest BCUT2D eigenvalue weighted by Crippen LogP contribution is -2.65. The number of nitrogens with zero attached hydrogens (tertiary/aromatic N) is 3. The summed E-state index contributed by atoms with van der Waals surface area (Å²) in [6.07, 6.45) is 1.86. The molecule has 0 radical (unpaired) electrons. The van der Waals surface area contributed by atoms with Crippen LogP contribution in [0.5, 0.6) is 0 Å². The second kappa shape index (κ2) is 6.67. The quantitative estimate of drug-likeness (QED) is 0.640. The maximum absolute atomic E-state index is 14.1. The van der Waals surface area contributed by atoms with E-state index < -0.39 is 11.4 Å². The SMILES string of the molecule is C[C@@]12C(=O)N(/N=C/c3c(F)cccc3Cl)CC(=O)N1CCc1c2[nH]c2ccccc12. The van der Waals surface area contributed by atoms with Crippen molar-refractivity contribution in [3.8, 4) is 0 Å². The van der Waals surface area contributed by atoms with E-state index in [4.69, 9.17) is 11.6 Å². The smallest absolute Gasteiger partial charge is 0.275 e. The third-order valence-electron chi connectivity index (χ3n) is 5.99. The minimum absolute atomic E-state index is 0.0712. The molecule has 0 bridgehead atoms. The molecule has 1 aromatic heterocycles. The lowest BCUT2D eigenvalue weighted by molar-refractivity contribution is -0.165. The highest BCUT2D eigenvalue weighted by molar-refractivity contribution is 6.33. The Morgan fingerprint density at radius 2 is 2.00 bits per heavy atom. The van der Waals surface area contributed by atoms with Crippen LogP contribution >= 0.6 is 11.6 Å². The van der Waals surface area contributed by atoms with Crippen LogP contribution in [0.15, 0.2) is 47.6 Å². The number of carbonyl (C=O) groups is 2. The molecular formula is C22H18ClFN4O2. The number of nitrogens with one attached hydrogen (secondary N) is 1. The molecule has 2 aliphatic heterocycles. The average Bonchev–Trinajstić information content (AvgIpc) is 3.11. The van der Waals surface area contributed by atoms with Gasteiger partial charge in [-0.25, -0.2) is 9.40 Å². The van der Waals surface area contributed by atoms with Crippen LogP contribution in [0.25, 0.3) is 10.9 Å². The summed E-state index contributed by atoms with van der Waals surface area (Å²) in [5, 5.41) is 6.47. The van der Waals surface area contributed by atoms with E-state index in [2.05, 4.69) is 10.1 Å². The van der Waals surface area contributed by atoms with Gasteiger partial charge in [0.1, 0.15) is 12.4 Å². The number of hydrazone groups is 1. The first-order valence-electron chi connectivity index (χ1n) is 9.61. The molecule has 1 saturated heterocycles. The Kier molecular flexibility index (Phi) is 4.18. The van der Waals surface area contributed by atoms with Gasteiger partial charge in [-0.1, -0.05) is 35.9 Å². The number of aromatic amines is 1. The van der Waals surface area contributed by atoms with Crippen molar-refractivity contribution in [2.24, 2.45) is 5.10 Å². The zero-order chi connectivity index (χ0) is 21.0. The van der Waals surface area contributed by atoms with Crippen molar-refractivity contribution in [1.29, 1.82) is 0 Å². The van der Waals surface area contributed by atoms with Crippen molar-refractivity contribution >= 4 is 40.5 Å². The van der Waals surface area contributed by atoms with Crippen LogP contribution in [0.2, 0.25) is 5.02 Å². The highest BCUT2D eigenvalue weighted by atomic mass is 35.5.